The fourth-order valence-corrected chi connectivity index (χ4v) is 3.39. The SMILES string of the molecule is C=CCn1c(=NC(=O)c2ccc([N+](=O)[O-])o2)sc2cc(C)ccc21. The third-order valence-electron chi connectivity index (χ3n) is 3.33. The van der Waals surface area contributed by atoms with Crippen LogP contribution in [-0.4, -0.2) is 15.4 Å². The Labute approximate surface area is 140 Å². The first-order chi connectivity index (χ1) is 11.5. The maximum atomic E-state index is 12.2. The normalized spacial score (nSPS) is 11.8. The van der Waals surface area contributed by atoms with Gasteiger partial charge >= 0.3 is 11.8 Å². The molecule has 0 unspecified atom stereocenters. The van der Waals surface area contributed by atoms with Crippen LogP contribution in [0.4, 0.5) is 5.88 Å². The Balaban J connectivity index is 2.10. The van der Waals surface area contributed by atoms with Gasteiger partial charge in [0.15, 0.2) is 4.80 Å². The van der Waals surface area contributed by atoms with Crippen LogP contribution in [0.2, 0.25) is 0 Å². The molecule has 2 aromatic heterocycles. The van der Waals surface area contributed by atoms with Gasteiger partial charge < -0.3 is 8.98 Å². The lowest BCUT2D eigenvalue weighted by atomic mass is 10.2. The molecule has 122 valence electrons. The highest BCUT2D eigenvalue weighted by Gasteiger charge is 2.17. The zero-order valence-electron chi connectivity index (χ0n) is 12.8. The van der Waals surface area contributed by atoms with Crippen molar-refractivity contribution in [2.24, 2.45) is 4.99 Å². The number of nitro groups is 1. The molecular weight excluding hydrogens is 330 g/mol. The second kappa shape index (κ2) is 6.25. The summed E-state index contributed by atoms with van der Waals surface area (Å²) in [5.74, 6) is -1.32. The number of allylic oxidation sites excluding steroid dienone is 1. The highest BCUT2D eigenvalue weighted by atomic mass is 32.1. The molecule has 0 atom stereocenters. The zero-order valence-corrected chi connectivity index (χ0v) is 13.6. The van der Waals surface area contributed by atoms with Crippen molar-refractivity contribution in [3.63, 3.8) is 0 Å². The van der Waals surface area contributed by atoms with Crippen LogP contribution in [0.3, 0.4) is 0 Å². The number of rotatable bonds is 4. The van der Waals surface area contributed by atoms with Crippen LogP contribution in [0.1, 0.15) is 16.1 Å². The number of nitrogens with zero attached hydrogens (tertiary/aromatic N) is 3. The number of carbonyl (C=O) groups is 1. The minimum atomic E-state index is -0.698. The minimum Gasteiger partial charge on any atom is -0.395 e. The molecule has 0 aliphatic heterocycles. The van der Waals surface area contributed by atoms with Gasteiger partial charge in [0.05, 0.1) is 16.3 Å². The van der Waals surface area contributed by atoms with Crippen molar-refractivity contribution in [2.75, 3.05) is 0 Å². The van der Waals surface area contributed by atoms with Crippen LogP contribution in [0, 0.1) is 17.0 Å². The van der Waals surface area contributed by atoms with Gasteiger partial charge in [0.1, 0.15) is 4.92 Å². The number of hydrogen-bond donors (Lipinski definition) is 0. The number of carbonyl (C=O) groups excluding carboxylic acids is 1. The van der Waals surface area contributed by atoms with E-state index in [0.29, 0.717) is 11.3 Å². The fraction of sp³-hybridized carbons (Fsp3) is 0.125. The summed E-state index contributed by atoms with van der Waals surface area (Å²) in [6.45, 7) is 6.21. The first-order valence-corrected chi connectivity index (χ1v) is 7.85. The standard InChI is InChI=1S/C16H13N3O4S/c1-3-8-18-11-5-4-10(2)9-13(11)24-16(18)17-15(20)12-6-7-14(23-12)19(21)22/h3-7,9H,1,8H2,2H3. The van der Waals surface area contributed by atoms with Crippen LogP contribution in [0.25, 0.3) is 10.2 Å². The number of furan rings is 1. The van der Waals surface area contributed by atoms with Crippen molar-refractivity contribution >= 4 is 33.3 Å². The van der Waals surface area contributed by atoms with Gasteiger partial charge in [0.25, 0.3) is 0 Å². The molecule has 1 amide bonds. The average molecular weight is 343 g/mol. The van der Waals surface area contributed by atoms with E-state index in [1.54, 1.807) is 6.08 Å². The Hall–Kier alpha value is -3.00. The van der Waals surface area contributed by atoms with Crippen molar-refractivity contribution in [1.29, 1.82) is 0 Å². The maximum Gasteiger partial charge on any atom is 0.433 e. The lowest BCUT2D eigenvalue weighted by Gasteiger charge is -2.00. The van der Waals surface area contributed by atoms with Crippen LogP contribution in [-0.2, 0) is 6.54 Å². The predicted octanol–water partition coefficient (Wildman–Crippen LogP) is 3.44. The number of aryl methyl sites for hydroxylation is 1. The summed E-state index contributed by atoms with van der Waals surface area (Å²) in [4.78, 5) is 26.7. The van der Waals surface area contributed by atoms with Crippen LogP contribution in [0.5, 0.6) is 0 Å². The summed E-state index contributed by atoms with van der Waals surface area (Å²) in [5.41, 5.74) is 2.05. The molecule has 0 aliphatic carbocycles. The van der Waals surface area contributed by atoms with E-state index >= 15 is 0 Å². The first kappa shape index (κ1) is 15.9. The Morgan fingerprint density at radius 1 is 1.46 bits per heavy atom. The molecule has 7 nitrogen and oxygen atoms in total. The van der Waals surface area contributed by atoms with E-state index in [1.165, 1.54) is 17.4 Å². The molecule has 0 saturated carbocycles. The second-order valence-electron chi connectivity index (χ2n) is 5.07. The Morgan fingerprint density at radius 3 is 2.92 bits per heavy atom. The molecule has 0 N–H and O–H groups in total. The van der Waals surface area contributed by atoms with Crippen molar-refractivity contribution in [3.05, 3.63) is 69.2 Å². The Morgan fingerprint density at radius 2 is 2.25 bits per heavy atom. The minimum absolute atomic E-state index is 0.166. The molecule has 3 rings (SSSR count). The number of fused-ring (bicyclic) bond motifs is 1. The lowest BCUT2D eigenvalue weighted by Crippen LogP contribution is -2.16. The van der Waals surface area contributed by atoms with Crippen molar-refractivity contribution < 1.29 is 14.1 Å². The molecule has 2 heterocycles. The quantitative estimate of drug-likeness (QED) is 0.412. The van der Waals surface area contributed by atoms with E-state index in [4.69, 9.17) is 4.42 Å². The highest BCUT2D eigenvalue weighted by molar-refractivity contribution is 7.16. The molecule has 0 bridgehead atoms. The molecule has 0 saturated heterocycles. The maximum absolute atomic E-state index is 12.2. The Kier molecular flexibility index (Phi) is 4.13. The molecule has 3 aromatic rings. The van der Waals surface area contributed by atoms with E-state index in [0.717, 1.165) is 21.8 Å². The van der Waals surface area contributed by atoms with Crippen LogP contribution >= 0.6 is 11.3 Å². The number of hydrogen-bond acceptors (Lipinski definition) is 5. The summed E-state index contributed by atoms with van der Waals surface area (Å²) in [6, 6.07) is 8.34. The van der Waals surface area contributed by atoms with E-state index in [-0.39, 0.29) is 5.76 Å². The highest BCUT2D eigenvalue weighted by Crippen LogP contribution is 2.20. The molecule has 0 spiro atoms. The summed E-state index contributed by atoms with van der Waals surface area (Å²) >= 11 is 1.37. The number of thiazole rings is 1. The second-order valence-corrected chi connectivity index (χ2v) is 6.08. The number of aromatic nitrogens is 1. The number of benzene rings is 1. The van der Waals surface area contributed by atoms with Crippen molar-refractivity contribution in [3.8, 4) is 0 Å². The molecular formula is C16H13N3O4S. The van der Waals surface area contributed by atoms with E-state index in [2.05, 4.69) is 11.6 Å². The zero-order chi connectivity index (χ0) is 17.3. The van der Waals surface area contributed by atoms with Gasteiger partial charge in [-0.05, 0) is 30.7 Å². The van der Waals surface area contributed by atoms with Crippen LogP contribution < -0.4 is 4.80 Å². The van der Waals surface area contributed by atoms with Gasteiger partial charge in [-0.1, -0.05) is 23.5 Å². The lowest BCUT2D eigenvalue weighted by molar-refractivity contribution is -0.402. The van der Waals surface area contributed by atoms with E-state index in [9.17, 15) is 14.9 Å². The fourth-order valence-electron chi connectivity index (χ4n) is 2.25. The first-order valence-electron chi connectivity index (χ1n) is 7.04. The summed E-state index contributed by atoms with van der Waals surface area (Å²) in [6.07, 6.45) is 1.72. The predicted molar refractivity (Wildman–Crippen MR) is 90.0 cm³/mol. The summed E-state index contributed by atoms with van der Waals surface area (Å²) in [7, 11) is 0. The van der Waals surface area contributed by atoms with Crippen molar-refractivity contribution in [1.82, 2.24) is 4.57 Å². The third kappa shape index (κ3) is 2.91. The third-order valence-corrected chi connectivity index (χ3v) is 4.37. The largest absolute Gasteiger partial charge is 0.433 e. The molecule has 1 aromatic carbocycles. The van der Waals surface area contributed by atoms with Gasteiger partial charge in [0, 0.05) is 6.54 Å². The summed E-state index contributed by atoms with van der Waals surface area (Å²) < 4.78 is 7.76. The molecule has 0 aliphatic rings. The molecule has 0 fully saturated rings. The van der Waals surface area contributed by atoms with Gasteiger partial charge in [-0.25, -0.2) is 0 Å². The van der Waals surface area contributed by atoms with E-state index < -0.39 is 16.7 Å². The van der Waals surface area contributed by atoms with Gasteiger partial charge in [-0.15, -0.1) is 6.58 Å². The monoisotopic (exact) mass is 343 g/mol. The molecule has 0 radical (unpaired) electrons. The Bertz CT molecular complexity index is 1030. The molecule has 24 heavy (non-hydrogen) atoms. The van der Waals surface area contributed by atoms with Crippen molar-refractivity contribution in [2.45, 2.75) is 13.5 Å². The van der Waals surface area contributed by atoms with E-state index in [1.807, 2.05) is 29.7 Å². The summed E-state index contributed by atoms with van der Waals surface area (Å²) in [5, 5.41) is 10.6. The van der Waals surface area contributed by atoms with Crippen LogP contribution in [0.15, 0.2) is 52.4 Å². The molecule has 8 heteroatoms. The topological polar surface area (TPSA) is 90.6 Å². The number of amides is 1. The smallest absolute Gasteiger partial charge is 0.395 e. The van der Waals surface area contributed by atoms with Gasteiger partial charge in [-0.3, -0.25) is 14.9 Å². The van der Waals surface area contributed by atoms with Gasteiger partial charge in [-0.2, -0.15) is 4.99 Å². The average Bonchev–Trinajstić information content (AvgIpc) is 3.13. The van der Waals surface area contributed by atoms with Gasteiger partial charge in [0.2, 0.25) is 5.76 Å².